The van der Waals surface area contributed by atoms with Gasteiger partial charge in [0.1, 0.15) is 12.4 Å². The maximum absolute atomic E-state index is 5.41. The van der Waals surface area contributed by atoms with E-state index in [1.807, 2.05) is 0 Å². The number of methoxy groups -OCH3 is 1. The van der Waals surface area contributed by atoms with Gasteiger partial charge in [-0.3, -0.25) is 0 Å². The van der Waals surface area contributed by atoms with Crippen LogP contribution < -0.4 is 0 Å². The molecule has 2 fully saturated rings. The Kier molecular flexibility index (Phi) is 3.43. The van der Waals surface area contributed by atoms with Crippen molar-refractivity contribution in [2.75, 3.05) is 13.7 Å². The Morgan fingerprint density at radius 3 is 2.59 bits per heavy atom. The van der Waals surface area contributed by atoms with E-state index in [2.05, 4.69) is 38.2 Å². The topological polar surface area (TPSA) is 18.5 Å². The molecule has 0 spiro atoms. The molecule has 5 unspecified atom stereocenters. The highest BCUT2D eigenvalue weighted by atomic mass is 28.2. The third-order valence-electron chi connectivity index (χ3n) is 5.52. The van der Waals surface area contributed by atoms with Crippen molar-refractivity contribution in [1.82, 2.24) is 0 Å². The lowest BCUT2D eigenvalue weighted by Gasteiger charge is -2.55. The average molecular weight is 251 g/mol. The molecule has 0 aliphatic heterocycles. The lowest BCUT2D eigenvalue weighted by molar-refractivity contribution is -0.0423. The van der Waals surface area contributed by atoms with Crippen LogP contribution in [-0.4, -0.2) is 24.2 Å². The van der Waals surface area contributed by atoms with Crippen LogP contribution in [0.4, 0.5) is 0 Å². The van der Waals surface area contributed by atoms with E-state index in [1.54, 1.807) is 7.11 Å². The summed E-state index contributed by atoms with van der Waals surface area (Å²) >= 11 is 0. The summed E-state index contributed by atoms with van der Waals surface area (Å²) < 4.78 is 10.7. The van der Waals surface area contributed by atoms with Crippen LogP contribution in [0.5, 0.6) is 0 Å². The maximum Gasteiger partial charge on any atom is 0.340 e. The maximum atomic E-state index is 5.41. The van der Waals surface area contributed by atoms with Crippen LogP contribution in [0, 0.1) is 29.1 Å². The molecule has 2 nitrogen and oxygen atoms in total. The molecule has 3 radical (unpaired) electrons. The molecule has 95 valence electrons. The first-order chi connectivity index (χ1) is 7.98. The molecule has 0 amide bonds. The highest BCUT2D eigenvalue weighted by Crippen LogP contribution is 2.68. The molecule has 0 bridgehead atoms. The first-order valence-corrected chi connectivity index (χ1v) is 6.95. The van der Waals surface area contributed by atoms with Gasteiger partial charge in [0.2, 0.25) is 0 Å². The fraction of sp³-hybridized carbons (Fsp3) is 0.857. The van der Waals surface area contributed by atoms with Gasteiger partial charge in [0.05, 0.1) is 0 Å². The fourth-order valence-corrected chi connectivity index (χ4v) is 4.63. The SMILES string of the molecule is COC/C(O[Si])=C1/C(C)CC2C(C)C(C)C12C. The zero-order valence-corrected chi connectivity index (χ0v) is 12.5. The van der Waals surface area contributed by atoms with Crippen LogP contribution in [0.2, 0.25) is 0 Å². The first-order valence-electron chi connectivity index (χ1n) is 6.54. The number of allylic oxidation sites excluding steroid dienone is 1. The van der Waals surface area contributed by atoms with E-state index in [9.17, 15) is 0 Å². The number of hydrogen-bond donors (Lipinski definition) is 0. The Morgan fingerprint density at radius 1 is 1.41 bits per heavy atom. The van der Waals surface area contributed by atoms with E-state index >= 15 is 0 Å². The second-order valence-electron chi connectivity index (χ2n) is 6.05. The Hall–Kier alpha value is -0.283. The normalized spacial score (nSPS) is 47.4. The Labute approximate surface area is 108 Å². The van der Waals surface area contributed by atoms with Crippen molar-refractivity contribution >= 4 is 10.5 Å². The van der Waals surface area contributed by atoms with E-state index < -0.39 is 0 Å². The monoisotopic (exact) mass is 251 g/mol. The van der Waals surface area contributed by atoms with E-state index in [-0.39, 0.29) is 0 Å². The summed E-state index contributed by atoms with van der Waals surface area (Å²) in [7, 11) is 4.92. The Balaban J connectivity index is 2.39. The molecular weight excluding hydrogens is 228 g/mol. The minimum absolute atomic E-state index is 0.319. The van der Waals surface area contributed by atoms with E-state index in [4.69, 9.17) is 9.16 Å². The molecule has 0 saturated heterocycles. The van der Waals surface area contributed by atoms with E-state index in [0.29, 0.717) is 17.9 Å². The predicted octanol–water partition coefficient (Wildman–Crippen LogP) is 2.94. The smallest absolute Gasteiger partial charge is 0.340 e. The molecule has 3 heteroatoms. The lowest BCUT2D eigenvalue weighted by Crippen LogP contribution is -2.50. The van der Waals surface area contributed by atoms with Crippen LogP contribution in [-0.2, 0) is 9.16 Å². The zero-order chi connectivity index (χ0) is 12.8. The standard InChI is InChI=1S/C14H23O2Si/c1-8-6-11-9(2)10(3)14(11,4)13(8)12(16-17)7-15-5/h8-11H,6-7H2,1-5H3/b13-12+. The van der Waals surface area contributed by atoms with Crippen LogP contribution in [0.1, 0.15) is 34.1 Å². The minimum atomic E-state index is 0.319. The lowest BCUT2D eigenvalue weighted by atomic mass is 9.49. The van der Waals surface area contributed by atoms with Crippen molar-refractivity contribution in [2.24, 2.45) is 29.1 Å². The van der Waals surface area contributed by atoms with Crippen molar-refractivity contribution in [3.63, 3.8) is 0 Å². The zero-order valence-electron chi connectivity index (χ0n) is 11.5. The van der Waals surface area contributed by atoms with Gasteiger partial charge in [-0.1, -0.05) is 27.7 Å². The van der Waals surface area contributed by atoms with Gasteiger partial charge in [-0.25, -0.2) is 0 Å². The summed E-state index contributed by atoms with van der Waals surface area (Å²) in [5.41, 5.74) is 1.80. The number of fused-ring (bicyclic) bond motifs is 1. The first kappa shape index (κ1) is 13.2. The third-order valence-corrected chi connectivity index (χ3v) is 5.77. The van der Waals surface area contributed by atoms with Crippen molar-refractivity contribution in [3.05, 3.63) is 11.3 Å². The van der Waals surface area contributed by atoms with Crippen LogP contribution in [0.15, 0.2) is 11.3 Å². The van der Waals surface area contributed by atoms with Gasteiger partial charge in [0.25, 0.3) is 0 Å². The fourth-order valence-electron chi connectivity index (χ4n) is 4.46. The number of hydrogen-bond acceptors (Lipinski definition) is 2. The summed E-state index contributed by atoms with van der Waals surface area (Å²) in [6.07, 6.45) is 1.29. The van der Waals surface area contributed by atoms with Gasteiger partial charge in [-0.05, 0) is 41.1 Å². The van der Waals surface area contributed by atoms with Crippen molar-refractivity contribution in [1.29, 1.82) is 0 Å². The van der Waals surface area contributed by atoms with E-state index in [0.717, 1.165) is 23.5 Å². The summed E-state index contributed by atoms with van der Waals surface area (Å²) in [6, 6.07) is 0. The number of ether oxygens (including phenoxy) is 1. The van der Waals surface area contributed by atoms with Crippen LogP contribution in [0.3, 0.4) is 0 Å². The summed E-state index contributed by atoms with van der Waals surface area (Å²) in [5, 5.41) is 0. The molecule has 2 aliphatic rings. The third kappa shape index (κ3) is 1.62. The predicted molar refractivity (Wildman–Crippen MR) is 69.4 cm³/mol. The molecule has 0 N–H and O–H groups in total. The van der Waals surface area contributed by atoms with Crippen LogP contribution >= 0.6 is 0 Å². The Bertz CT molecular complexity index is 339. The molecule has 0 heterocycles. The van der Waals surface area contributed by atoms with Gasteiger partial charge in [0, 0.05) is 7.11 Å². The largest absolute Gasteiger partial charge is 0.542 e. The van der Waals surface area contributed by atoms with E-state index in [1.165, 1.54) is 12.0 Å². The van der Waals surface area contributed by atoms with Crippen molar-refractivity contribution in [3.8, 4) is 0 Å². The second kappa shape index (κ2) is 4.43. The summed E-state index contributed by atoms with van der Waals surface area (Å²) in [5.74, 6) is 3.98. The van der Waals surface area contributed by atoms with Gasteiger partial charge in [0.15, 0.2) is 0 Å². The van der Waals surface area contributed by atoms with Gasteiger partial charge in [-0.2, -0.15) is 0 Å². The Morgan fingerprint density at radius 2 is 2.06 bits per heavy atom. The summed E-state index contributed by atoms with van der Waals surface area (Å²) in [6.45, 7) is 10.0. The van der Waals surface area contributed by atoms with Crippen molar-refractivity contribution in [2.45, 2.75) is 34.1 Å². The molecule has 2 saturated carbocycles. The molecule has 2 aliphatic carbocycles. The van der Waals surface area contributed by atoms with Gasteiger partial charge in [-0.15, -0.1) is 0 Å². The highest BCUT2D eigenvalue weighted by Gasteiger charge is 2.62. The summed E-state index contributed by atoms with van der Waals surface area (Å²) in [4.78, 5) is 0. The van der Waals surface area contributed by atoms with Gasteiger partial charge < -0.3 is 9.16 Å². The quantitative estimate of drug-likeness (QED) is 0.567. The minimum Gasteiger partial charge on any atom is -0.542 e. The molecule has 17 heavy (non-hydrogen) atoms. The van der Waals surface area contributed by atoms with Crippen molar-refractivity contribution < 1.29 is 9.16 Å². The molecular formula is C14H23O2Si. The average Bonchev–Trinajstić information content (AvgIpc) is 2.56. The second-order valence-corrected chi connectivity index (χ2v) is 6.25. The molecule has 2 rings (SSSR count). The molecule has 0 aromatic carbocycles. The molecule has 5 atom stereocenters. The highest BCUT2D eigenvalue weighted by molar-refractivity contribution is 5.98. The molecule has 0 aromatic heterocycles. The van der Waals surface area contributed by atoms with Gasteiger partial charge >= 0.3 is 10.5 Å². The number of rotatable bonds is 3. The van der Waals surface area contributed by atoms with Crippen LogP contribution in [0.25, 0.3) is 0 Å². The molecule has 0 aromatic rings.